The lowest BCUT2D eigenvalue weighted by Gasteiger charge is -2.39. The topological polar surface area (TPSA) is 33.1 Å². The molecule has 5 heteroatoms. The minimum Gasteiger partial charge on any atom is -0.314 e. The van der Waals surface area contributed by atoms with Gasteiger partial charge in [0.1, 0.15) is 0 Å². The van der Waals surface area contributed by atoms with Crippen LogP contribution in [0.3, 0.4) is 0 Å². The fourth-order valence-electron chi connectivity index (χ4n) is 2.69. The van der Waals surface area contributed by atoms with Crippen molar-refractivity contribution in [2.75, 3.05) is 20.1 Å². The van der Waals surface area contributed by atoms with Crippen molar-refractivity contribution in [3.63, 3.8) is 0 Å². The Balaban J connectivity index is 2.03. The molecule has 1 N–H and O–H groups in total. The average Bonchev–Trinajstić information content (AvgIpc) is 2.69. The summed E-state index contributed by atoms with van der Waals surface area (Å²) in [5, 5.41) is 8.75. The molecule has 1 saturated heterocycles. The van der Waals surface area contributed by atoms with E-state index in [9.17, 15) is 0 Å². The minimum absolute atomic E-state index is 0.293. The molecule has 0 atom stereocenters. The first-order valence-electron chi connectivity index (χ1n) is 7.12. The zero-order chi connectivity index (χ0) is 14.0. The fraction of sp³-hybridized carbons (Fsp3) is 0.786. The summed E-state index contributed by atoms with van der Waals surface area (Å²) in [4.78, 5) is 2.48. The second kappa shape index (κ2) is 5.81. The van der Waals surface area contributed by atoms with Gasteiger partial charge in [-0.25, -0.2) is 0 Å². The highest BCUT2D eigenvalue weighted by atomic mass is 35.5. The molecule has 2 heterocycles. The van der Waals surface area contributed by atoms with Gasteiger partial charge in [0.25, 0.3) is 0 Å². The molecule has 0 unspecified atom stereocenters. The van der Waals surface area contributed by atoms with E-state index in [1.165, 1.54) is 12.8 Å². The monoisotopic (exact) mass is 284 g/mol. The van der Waals surface area contributed by atoms with Gasteiger partial charge in [0.2, 0.25) is 0 Å². The molecule has 1 aromatic rings. The first-order valence-corrected chi connectivity index (χ1v) is 7.50. The van der Waals surface area contributed by atoms with E-state index in [1.54, 1.807) is 0 Å². The molecule has 1 aliphatic heterocycles. The lowest BCUT2D eigenvalue weighted by atomic mass is 9.90. The van der Waals surface area contributed by atoms with Crippen molar-refractivity contribution in [3.8, 4) is 0 Å². The molecule has 1 fully saturated rings. The Kier molecular flexibility index (Phi) is 4.54. The van der Waals surface area contributed by atoms with Crippen LogP contribution in [0.4, 0.5) is 0 Å². The summed E-state index contributed by atoms with van der Waals surface area (Å²) in [6, 6.07) is 0. The van der Waals surface area contributed by atoms with Crippen LogP contribution < -0.4 is 5.32 Å². The van der Waals surface area contributed by atoms with E-state index in [2.05, 4.69) is 36.2 Å². The molecule has 108 valence electrons. The van der Waals surface area contributed by atoms with E-state index in [4.69, 9.17) is 11.6 Å². The van der Waals surface area contributed by atoms with Crippen LogP contribution in [0.25, 0.3) is 0 Å². The molecule has 0 amide bonds. The van der Waals surface area contributed by atoms with Crippen molar-refractivity contribution in [3.05, 3.63) is 16.4 Å². The average molecular weight is 285 g/mol. The van der Waals surface area contributed by atoms with Gasteiger partial charge in [0.15, 0.2) is 0 Å². The number of halogens is 1. The molecule has 1 aliphatic rings. The predicted octanol–water partition coefficient (Wildman–Crippen LogP) is 2.44. The smallest absolute Gasteiger partial charge is 0.0860 e. The van der Waals surface area contributed by atoms with E-state index in [1.807, 2.05) is 11.6 Å². The van der Waals surface area contributed by atoms with Crippen molar-refractivity contribution < 1.29 is 0 Å². The molecular formula is C14H25ClN4. The normalized spacial score (nSPS) is 19.8. The SMILES string of the molecule is CCn1nc(C)c(Cl)c1CN1CCC(C)(NC)CC1. The third-order valence-electron chi connectivity index (χ3n) is 4.39. The summed E-state index contributed by atoms with van der Waals surface area (Å²) >= 11 is 6.37. The second-order valence-electron chi connectivity index (χ2n) is 5.75. The van der Waals surface area contributed by atoms with Gasteiger partial charge in [-0.3, -0.25) is 9.58 Å². The Hall–Kier alpha value is -0.580. The van der Waals surface area contributed by atoms with Crippen molar-refractivity contribution in [2.45, 2.75) is 52.2 Å². The molecule has 2 rings (SSSR count). The Morgan fingerprint density at radius 2 is 2.00 bits per heavy atom. The van der Waals surface area contributed by atoms with Crippen molar-refractivity contribution >= 4 is 11.6 Å². The molecule has 0 saturated carbocycles. The molecule has 0 radical (unpaired) electrons. The number of hydrogen-bond acceptors (Lipinski definition) is 3. The highest BCUT2D eigenvalue weighted by Gasteiger charge is 2.29. The second-order valence-corrected chi connectivity index (χ2v) is 6.13. The standard InChI is InChI=1S/C14H25ClN4/c1-5-19-12(13(15)11(2)17-19)10-18-8-6-14(3,16-4)7-9-18/h16H,5-10H2,1-4H3. The summed E-state index contributed by atoms with van der Waals surface area (Å²) in [7, 11) is 2.06. The zero-order valence-electron chi connectivity index (χ0n) is 12.5. The maximum Gasteiger partial charge on any atom is 0.0860 e. The Morgan fingerprint density at radius 1 is 1.37 bits per heavy atom. The number of nitrogens with zero attached hydrogens (tertiary/aromatic N) is 3. The van der Waals surface area contributed by atoms with Gasteiger partial charge < -0.3 is 5.32 Å². The number of aromatic nitrogens is 2. The van der Waals surface area contributed by atoms with E-state index in [0.717, 1.165) is 42.6 Å². The quantitative estimate of drug-likeness (QED) is 0.922. The number of hydrogen-bond donors (Lipinski definition) is 1. The molecule has 0 aromatic carbocycles. The minimum atomic E-state index is 0.293. The zero-order valence-corrected chi connectivity index (χ0v) is 13.2. The summed E-state index contributed by atoms with van der Waals surface area (Å²) < 4.78 is 2.03. The summed E-state index contributed by atoms with van der Waals surface area (Å²) in [5.74, 6) is 0. The molecular weight excluding hydrogens is 260 g/mol. The van der Waals surface area contributed by atoms with E-state index >= 15 is 0 Å². The van der Waals surface area contributed by atoms with Crippen LogP contribution >= 0.6 is 11.6 Å². The van der Waals surface area contributed by atoms with Crippen molar-refractivity contribution in [1.29, 1.82) is 0 Å². The third kappa shape index (κ3) is 3.12. The van der Waals surface area contributed by atoms with Gasteiger partial charge in [0.05, 0.1) is 16.4 Å². The summed E-state index contributed by atoms with van der Waals surface area (Å²) in [6.45, 7) is 10.4. The van der Waals surface area contributed by atoms with Gasteiger partial charge >= 0.3 is 0 Å². The number of piperidine rings is 1. The van der Waals surface area contributed by atoms with Crippen molar-refractivity contribution in [1.82, 2.24) is 20.0 Å². The number of nitrogens with one attached hydrogen (secondary N) is 1. The number of aryl methyl sites for hydroxylation is 2. The largest absolute Gasteiger partial charge is 0.314 e. The van der Waals surface area contributed by atoms with E-state index in [-0.39, 0.29) is 0 Å². The summed E-state index contributed by atoms with van der Waals surface area (Å²) in [6.07, 6.45) is 2.36. The van der Waals surface area contributed by atoms with E-state index in [0.29, 0.717) is 5.54 Å². The Labute approximate surface area is 121 Å². The lowest BCUT2D eigenvalue weighted by Crippen LogP contribution is -2.49. The van der Waals surface area contributed by atoms with Gasteiger partial charge in [-0.15, -0.1) is 0 Å². The molecule has 1 aromatic heterocycles. The fourth-order valence-corrected chi connectivity index (χ4v) is 2.88. The van der Waals surface area contributed by atoms with Gasteiger partial charge in [0, 0.05) is 31.7 Å². The molecule has 4 nitrogen and oxygen atoms in total. The van der Waals surface area contributed by atoms with Gasteiger partial charge in [-0.2, -0.15) is 5.10 Å². The van der Waals surface area contributed by atoms with Crippen LogP contribution in [-0.4, -0.2) is 40.4 Å². The first-order chi connectivity index (χ1) is 8.99. The molecule has 0 aliphatic carbocycles. The van der Waals surface area contributed by atoms with Gasteiger partial charge in [-0.1, -0.05) is 11.6 Å². The molecule has 0 bridgehead atoms. The highest BCUT2D eigenvalue weighted by molar-refractivity contribution is 6.31. The maximum atomic E-state index is 6.37. The third-order valence-corrected chi connectivity index (χ3v) is 4.88. The van der Waals surface area contributed by atoms with Crippen LogP contribution in [0.5, 0.6) is 0 Å². The van der Waals surface area contributed by atoms with E-state index < -0.39 is 0 Å². The lowest BCUT2D eigenvalue weighted by molar-refractivity contribution is 0.143. The van der Waals surface area contributed by atoms with Crippen molar-refractivity contribution in [2.24, 2.45) is 0 Å². The van der Waals surface area contributed by atoms with Crippen LogP contribution in [0, 0.1) is 6.92 Å². The Morgan fingerprint density at radius 3 is 2.53 bits per heavy atom. The number of likely N-dealkylation sites (tertiary alicyclic amines) is 1. The van der Waals surface area contributed by atoms with Crippen LogP contribution in [0.15, 0.2) is 0 Å². The first kappa shape index (κ1) is 14.8. The maximum absolute atomic E-state index is 6.37. The Bertz CT molecular complexity index is 433. The highest BCUT2D eigenvalue weighted by Crippen LogP contribution is 2.26. The van der Waals surface area contributed by atoms with Crippen LogP contribution in [0.2, 0.25) is 5.02 Å². The van der Waals surface area contributed by atoms with Crippen LogP contribution in [0.1, 0.15) is 38.1 Å². The predicted molar refractivity (Wildman–Crippen MR) is 79.6 cm³/mol. The number of rotatable bonds is 4. The summed E-state index contributed by atoms with van der Waals surface area (Å²) in [5.41, 5.74) is 2.40. The van der Waals surface area contributed by atoms with Crippen LogP contribution in [-0.2, 0) is 13.1 Å². The molecule has 0 spiro atoms. The molecule has 19 heavy (non-hydrogen) atoms. The van der Waals surface area contributed by atoms with Gasteiger partial charge in [-0.05, 0) is 40.7 Å².